The van der Waals surface area contributed by atoms with Gasteiger partial charge in [0, 0.05) is 12.4 Å². The highest BCUT2D eigenvalue weighted by molar-refractivity contribution is 5.64. The van der Waals surface area contributed by atoms with Gasteiger partial charge in [-0.25, -0.2) is 0 Å². The molecule has 0 saturated heterocycles. The molecule has 0 aromatic carbocycles. The Morgan fingerprint density at radius 2 is 2.00 bits per heavy atom. The Bertz CT molecular complexity index is 273. The second-order valence-corrected chi connectivity index (χ2v) is 5.16. The molecular formula is C15H29NO3. The Hall–Kier alpha value is -0.870. The van der Waals surface area contributed by atoms with Gasteiger partial charge in [0.15, 0.2) is 0 Å². The number of nitrogens with zero attached hydrogens (tertiary/aromatic N) is 1. The Morgan fingerprint density at radius 3 is 2.47 bits per heavy atom. The van der Waals surface area contributed by atoms with Crippen LogP contribution in [0.4, 0.5) is 0 Å². The van der Waals surface area contributed by atoms with E-state index in [4.69, 9.17) is 0 Å². The number of carboxylic acids is 1. The molecule has 0 aromatic heterocycles. The molecule has 1 atom stereocenters. The van der Waals surface area contributed by atoms with E-state index in [9.17, 15) is 15.0 Å². The van der Waals surface area contributed by atoms with Gasteiger partial charge in [-0.2, -0.15) is 0 Å². The number of aliphatic carboxylic acids is 1. The molecule has 19 heavy (non-hydrogen) atoms. The van der Waals surface area contributed by atoms with Gasteiger partial charge in [-0.1, -0.05) is 12.2 Å². The number of allylic oxidation sites excluding steroid dienone is 2. The van der Waals surface area contributed by atoms with Crippen LogP contribution in [0.25, 0.3) is 0 Å². The van der Waals surface area contributed by atoms with Crippen LogP contribution in [0.5, 0.6) is 0 Å². The third kappa shape index (κ3) is 8.01. The number of hydrogen-bond acceptors (Lipinski definition) is 3. The Morgan fingerprint density at radius 1 is 1.37 bits per heavy atom. The molecule has 4 nitrogen and oxygen atoms in total. The fourth-order valence-electron chi connectivity index (χ4n) is 2.39. The summed E-state index contributed by atoms with van der Waals surface area (Å²) in [6.07, 6.45) is 6.56. The van der Waals surface area contributed by atoms with Gasteiger partial charge in [0.2, 0.25) is 0 Å². The normalized spacial score (nSPS) is 13.9. The SMILES string of the molecule is C/C=C/CCCC(O)C[N+](CC)(CC)CCC(=O)[O-]. The molecule has 0 radical (unpaired) electrons. The third-order valence-electron chi connectivity index (χ3n) is 3.87. The maximum absolute atomic E-state index is 10.6. The van der Waals surface area contributed by atoms with Gasteiger partial charge in [-0.3, -0.25) is 0 Å². The highest BCUT2D eigenvalue weighted by atomic mass is 16.4. The molecule has 0 aliphatic heterocycles. The molecule has 1 unspecified atom stereocenters. The second-order valence-electron chi connectivity index (χ2n) is 5.16. The van der Waals surface area contributed by atoms with E-state index in [-0.39, 0.29) is 12.5 Å². The molecule has 0 aliphatic carbocycles. The van der Waals surface area contributed by atoms with Crippen molar-refractivity contribution in [1.82, 2.24) is 0 Å². The maximum Gasteiger partial charge on any atom is 0.105 e. The number of quaternary nitrogens is 1. The smallest absolute Gasteiger partial charge is 0.105 e. The fourth-order valence-corrected chi connectivity index (χ4v) is 2.39. The molecule has 4 heteroatoms. The summed E-state index contributed by atoms with van der Waals surface area (Å²) in [5, 5.41) is 20.7. The van der Waals surface area contributed by atoms with E-state index in [1.54, 1.807) is 0 Å². The van der Waals surface area contributed by atoms with E-state index in [2.05, 4.69) is 6.08 Å². The minimum Gasteiger partial charge on any atom is -0.550 e. The third-order valence-corrected chi connectivity index (χ3v) is 3.87. The van der Waals surface area contributed by atoms with Crippen LogP contribution in [0.15, 0.2) is 12.2 Å². The minimum absolute atomic E-state index is 0.0625. The monoisotopic (exact) mass is 271 g/mol. The van der Waals surface area contributed by atoms with Crippen LogP contribution in [0.1, 0.15) is 46.5 Å². The number of aliphatic hydroxyl groups excluding tert-OH is 1. The van der Waals surface area contributed by atoms with E-state index in [0.717, 1.165) is 32.4 Å². The first-order valence-corrected chi connectivity index (χ1v) is 7.33. The molecule has 0 aliphatic rings. The molecule has 0 spiro atoms. The summed E-state index contributed by atoms with van der Waals surface area (Å²) in [6.45, 7) is 8.95. The largest absolute Gasteiger partial charge is 0.550 e. The van der Waals surface area contributed by atoms with Crippen molar-refractivity contribution in [3.63, 3.8) is 0 Å². The van der Waals surface area contributed by atoms with E-state index in [0.29, 0.717) is 17.6 Å². The van der Waals surface area contributed by atoms with Crippen molar-refractivity contribution in [2.75, 3.05) is 26.2 Å². The highest BCUT2D eigenvalue weighted by Gasteiger charge is 2.26. The first-order valence-electron chi connectivity index (χ1n) is 7.33. The van der Waals surface area contributed by atoms with Gasteiger partial charge < -0.3 is 19.5 Å². The van der Waals surface area contributed by atoms with Crippen molar-refractivity contribution in [2.45, 2.75) is 52.6 Å². The topological polar surface area (TPSA) is 60.4 Å². The quantitative estimate of drug-likeness (QED) is 0.348. The number of rotatable bonds is 11. The number of carbonyl (C=O) groups is 1. The molecule has 0 heterocycles. The van der Waals surface area contributed by atoms with Crippen molar-refractivity contribution in [1.29, 1.82) is 0 Å². The number of carbonyl (C=O) groups excluding carboxylic acids is 1. The van der Waals surface area contributed by atoms with Gasteiger partial charge in [-0.05, 0) is 40.0 Å². The van der Waals surface area contributed by atoms with Gasteiger partial charge in [0.05, 0.1) is 19.6 Å². The minimum atomic E-state index is -1.01. The van der Waals surface area contributed by atoms with Gasteiger partial charge in [-0.15, -0.1) is 0 Å². The maximum atomic E-state index is 10.6. The van der Waals surface area contributed by atoms with E-state index >= 15 is 0 Å². The van der Waals surface area contributed by atoms with Crippen molar-refractivity contribution in [2.24, 2.45) is 0 Å². The molecular weight excluding hydrogens is 242 g/mol. The molecule has 1 N–H and O–H groups in total. The van der Waals surface area contributed by atoms with Crippen LogP contribution in [-0.4, -0.2) is 47.8 Å². The lowest BCUT2D eigenvalue weighted by atomic mass is 10.1. The molecule has 112 valence electrons. The van der Waals surface area contributed by atoms with E-state index < -0.39 is 5.97 Å². The summed E-state index contributed by atoms with van der Waals surface area (Å²) < 4.78 is 0.652. The zero-order valence-corrected chi connectivity index (χ0v) is 12.6. The number of likely N-dealkylation sites (N-methyl/N-ethyl adjacent to an activating group) is 1. The number of aliphatic hydroxyl groups is 1. The lowest BCUT2D eigenvalue weighted by molar-refractivity contribution is -0.927. The average molecular weight is 271 g/mol. The zero-order valence-electron chi connectivity index (χ0n) is 12.6. The summed E-state index contributed by atoms with van der Waals surface area (Å²) in [4.78, 5) is 10.6. The Kier molecular flexibility index (Phi) is 9.53. The van der Waals surface area contributed by atoms with E-state index in [1.165, 1.54) is 0 Å². The molecule has 0 rings (SSSR count). The summed E-state index contributed by atoms with van der Waals surface area (Å²) >= 11 is 0. The van der Waals surface area contributed by atoms with Crippen molar-refractivity contribution >= 4 is 5.97 Å². The average Bonchev–Trinajstić information content (AvgIpc) is 2.39. The molecule has 0 aromatic rings. The van der Waals surface area contributed by atoms with E-state index in [1.807, 2.05) is 26.8 Å². The van der Waals surface area contributed by atoms with Gasteiger partial charge >= 0.3 is 0 Å². The highest BCUT2D eigenvalue weighted by Crippen LogP contribution is 2.13. The number of carboxylic acid groups (broad SMARTS) is 1. The zero-order chi connectivity index (χ0) is 14.7. The fraction of sp³-hybridized carbons (Fsp3) is 0.800. The van der Waals surface area contributed by atoms with Crippen LogP contribution in [-0.2, 0) is 4.79 Å². The second kappa shape index (κ2) is 9.98. The summed E-state index contributed by atoms with van der Waals surface area (Å²) in [6, 6.07) is 0. The van der Waals surface area contributed by atoms with Crippen molar-refractivity contribution < 1.29 is 19.5 Å². The summed E-state index contributed by atoms with van der Waals surface area (Å²) in [5.41, 5.74) is 0. The summed E-state index contributed by atoms with van der Waals surface area (Å²) in [7, 11) is 0. The predicted octanol–water partition coefficient (Wildman–Crippen LogP) is 1.09. The van der Waals surface area contributed by atoms with Crippen LogP contribution in [0.2, 0.25) is 0 Å². The van der Waals surface area contributed by atoms with Crippen LogP contribution < -0.4 is 5.11 Å². The molecule has 0 bridgehead atoms. The van der Waals surface area contributed by atoms with Crippen LogP contribution in [0.3, 0.4) is 0 Å². The Labute approximate surface area is 117 Å². The molecule has 0 amide bonds. The molecule has 0 fully saturated rings. The van der Waals surface area contributed by atoms with Gasteiger partial charge in [0.1, 0.15) is 12.6 Å². The summed E-state index contributed by atoms with van der Waals surface area (Å²) in [5.74, 6) is -1.01. The van der Waals surface area contributed by atoms with Crippen LogP contribution in [0, 0.1) is 0 Å². The van der Waals surface area contributed by atoms with Crippen LogP contribution >= 0.6 is 0 Å². The van der Waals surface area contributed by atoms with Gasteiger partial charge in [0.25, 0.3) is 0 Å². The first-order chi connectivity index (χ1) is 8.99. The molecule has 0 saturated carbocycles. The number of unbranched alkanes of at least 4 members (excludes halogenated alkanes) is 1. The number of hydrogen-bond donors (Lipinski definition) is 1. The standard InChI is InChI=1S/C15H29NO3/c1-4-7-8-9-10-14(17)13-16(5-2,6-3)12-11-15(18)19/h4,7,14,17H,5-6,8-13H2,1-3H3/b7-4+. The lowest BCUT2D eigenvalue weighted by Gasteiger charge is -2.38. The van der Waals surface area contributed by atoms with Crippen molar-refractivity contribution in [3.05, 3.63) is 12.2 Å². The predicted molar refractivity (Wildman–Crippen MR) is 75.4 cm³/mol. The first kappa shape index (κ1) is 18.1. The Balaban J connectivity index is 4.26. The lowest BCUT2D eigenvalue weighted by Crippen LogP contribution is -2.53. The van der Waals surface area contributed by atoms with Crippen molar-refractivity contribution in [3.8, 4) is 0 Å².